The van der Waals surface area contributed by atoms with Crippen LogP contribution in [0.25, 0.3) is 0 Å². The van der Waals surface area contributed by atoms with Crippen LogP contribution >= 0.6 is 27.5 Å². The summed E-state index contributed by atoms with van der Waals surface area (Å²) in [6.45, 7) is 4.11. The topological polar surface area (TPSA) is 20.3 Å². The minimum absolute atomic E-state index is 0.0570. The molecule has 1 aromatic rings. The lowest BCUT2D eigenvalue weighted by atomic mass is 10.2. The standard InChI is InChI=1S/C11H11BrClNO/c1-3-6-14(2)11(15)9-5-4-8(13)7-10(9)12/h3-5,7H,1,6H2,2H3. The number of rotatable bonds is 3. The van der Waals surface area contributed by atoms with Gasteiger partial charge in [0.2, 0.25) is 0 Å². The molecule has 80 valence electrons. The second-order valence-electron chi connectivity index (χ2n) is 3.10. The second kappa shape index (κ2) is 5.33. The average molecular weight is 289 g/mol. The molecule has 0 N–H and O–H groups in total. The Bertz CT molecular complexity index is 392. The minimum atomic E-state index is -0.0570. The molecule has 0 unspecified atom stereocenters. The molecular formula is C11H11BrClNO. The average Bonchev–Trinajstić information content (AvgIpc) is 2.17. The first-order valence-corrected chi connectivity index (χ1v) is 5.54. The van der Waals surface area contributed by atoms with E-state index in [0.29, 0.717) is 21.6 Å². The maximum Gasteiger partial charge on any atom is 0.255 e. The van der Waals surface area contributed by atoms with E-state index in [-0.39, 0.29) is 5.91 Å². The number of carbonyl (C=O) groups is 1. The number of halogens is 2. The number of likely N-dealkylation sites (N-methyl/N-ethyl adjacent to an activating group) is 1. The Balaban J connectivity index is 2.96. The molecule has 0 fully saturated rings. The molecule has 4 heteroatoms. The largest absolute Gasteiger partial charge is 0.338 e. The predicted octanol–water partition coefficient (Wildman–Crippen LogP) is 3.36. The summed E-state index contributed by atoms with van der Waals surface area (Å²) in [5, 5.41) is 0.602. The van der Waals surface area contributed by atoms with E-state index in [4.69, 9.17) is 11.6 Å². The van der Waals surface area contributed by atoms with Crippen LogP contribution in [-0.4, -0.2) is 24.4 Å². The highest BCUT2D eigenvalue weighted by molar-refractivity contribution is 9.10. The quantitative estimate of drug-likeness (QED) is 0.781. The zero-order chi connectivity index (χ0) is 11.4. The van der Waals surface area contributed by atoms with Crippen molar-refractivity contribution in [3.05, 3.63) is 45.9 Å². The molecule has 1 rings (SSSR count). The first-order valence-electron chi connectivity index (χ1n) is 4.37. The fourth-order valence-electron chi connectivity index (χ4n) is 1.15. The number of nitrogens with zero attached hydrogens (tertiary/aromatic N) is 1. The fourth-order valence-corrected chi connectivity index (χ4v) is 2.00. The van der Waals surface area contributed by atoms with Gasteiger partial charge in [-0.25, -0.2) is 0 Å². The van der Waals surface area contributed by atoms with Crippen LogP contribution in [-0.2, 0) is 0 Å². The number of amides is 1. The molecular weight excluding hydrogens is 277 g/mol. The molecule has 0 saturated carbocycles. The van der Waals surface area contributed by atoms with Crippen molar-refractivity contribution in [3.8, 4) is 0 Å². The van der Waals surface area contributed by atoms with Crippen molar-refractivity contribution in [3.63, 3.8) is 0 Å². The summed E-state index contributed by atoms with van der Waals surface area (Å²) in [4.78, 5) is 13.5. The van der Waals surface area contributed by atoms with Gasteiger partial charge in [0.25, 0.3) is 5.91 Å². The first kappa shape index (κ1) is 12.3. The van der Waals surface area contributed by atoms with E-state index < -0.39 is 0 Å². The van der Waals surface area contributed by atoms with Crippen molar-refractivity contribution in [2.45, 2.75) is 0 Å². The van der Waals surface area contributed by atoms with Gasteiger partial charge < -0.3 is 4.90 Å². The van der Waals surface area contributed by atoms with Crippen LogP contribution in [0, 0.1) is 0 Å². The van der Waals surface area contributed by atoms with Gasteiger partial charge >= 0.3 is 0 Å². The SMILES string of the molecule is C=CCN(C)C(=O)c1ccc(Cl)cc1Br. The summed E-state index contributed by atoms with van der Waals surface area (Å²) < 4.78 is 0.705. The summed E-state index contributed by atoms with van der Waals surface area (Å²) in [5.74, 6) is -0.0570. The molecule has 0 heterocycles. The minimum Gasteiger partial charge on any atom is -0.338 e. The number of hydrogen-bond donors (Lipinski definition) is 0. The molecule has 1 amide bonds. The third-order valence-electron chi connectivity index (χ3n) is 1.91. The molecule has 15 heavy (non-hydrogen) atoms. The Labute approximate surface area is 103 Å². The molecule has 0 radical (unpaired) electrons. The zero-order valence-electron chi connectivity index (χ0n) is 8.34. The molecule has 2 nitrogen and oxygen atoms in total. The highest BCUT2D eigenvalue weighted by Gasteiger charge is 2.13. The second-order valence-corrected chi connectivity index (χ2v) is 4.39. The summed E-state index contributed by atoms with van der Waals surface area (Å²) in [6, 6.07) is 5.10. The summed E-state index contributed by atoms with van der Waals surface area (Å²) in [6.07, 6.45) is 1.68. The summed E-state index contributed by atoms with van der Waals surface area (Å²) >= 11 is 9.10. The monoisotopic (exact) mass is 287 g/mol. The molecule has 0 aliphatic heterocycles. The maximum atomic E-state index is 11.9. The highest BCUT2D eigenvalue weighted by Crippen LogP contribution is 2.22. The molecule has 0 aromatic heterocycles. The van der Waals surface area contributed by atoms with Gasteiger partial charge in [-0.1, -0.05) is 17.7 Å². The third-order valence-corrected chi connectivity index (χ3v) is 2.80. The smallest absolute Gasteiger partial charge is 0.255 e. The lowest BCUT2D eigenvalue weighted by Gasteiger charge is -2.15. The zero-order valence-corrected chi connectivity index (χ0v) is 10.7. The van der Waals surface area contributed by atoms with Gasteiger partial charge in [-0.05, 0) is 34.1 Å². The van der Waals surface area contributed by atoms with Gasteiger partial charge in [0.1, 0.15) is 0 Å². The highest BCUT2D eigenvalue weighted by atomic mass is 79.9. The maximum absolute atomic E-state index is 11.9. The van der Waals surface area contributed by atoms with Crippen molar-refractivity contribution in [1.29, 1.82) is 0 Å². The Hall–Kier alpha value is -0.800. The van der Waals surface area contributed by atoms with Crippen molar-refractivity contribution in [2.24, 2.45) is 0 Å². The number of hydrogen-bond acceptors (Lipinski definition) is 1. The van der Waals surface area contributed by atoms with E-state index in [1.54, 1.807) is 36.2 Å². The Kier molecular flexibility index (Phi) is 4.36. The van der Waals surface area contributed by atoms with Gasteiger partial charge in [-0.15, -0.1) is 6.58 Å². The predicted molar refractivity (Wildman–Crippen MR) is 66.3 cm³/mol. The van der Waals surface area contributed by atoms with Gasteiger partial charge in [-0.3, -0.25) is 4.79 Å². The van der Waals surface area contributed by atoms with Gasteiger partial charge in [-0.2, -0.15) is 0 Å². The van der Waals surface area contributed by atoms with Crippen LogP contribution in [0.2, 0.25) is 5.02 Å². The number of carbonyl (C=O) groups excluding carboxylic acids is 1. The van der Waals surface area contributed by atoms with Gasteiger partial charge in [0.15, 0.2) is 0 Å². The Morgan fingerprint density at radius 2 is 2.33 bits per heavy atom. The lowest BCUT2D eigenvalue weighted by Crippen LogP contribution is -2.26. The molecule has 0 saturated heterocycles. The first-order chi connectivity index (χ1) is 7.06. The van der Waals surface area contributed by atoms with E-state index in [1.165, 1.54) is 0 Å². The van der Waals surface area contributed by atoms with Crippen molar-refractivity contribution >= 4 is 33.4 Å². The lowest BCUT2D eigenvalue weighted by molar-refractivity contribution is 0.0809. The summed E-state index contributed by atoms with van der Waals surface area (Å²) in [5.41, 5.74) is 0.601. The summed E-state index contributed by atoms with van der Waals surface area (Å²) in [7, 11) is 1.73. The van der Waals surface area contributed by atoms with Crippen molar-refractivity contribution in [1.82, 2.24) is 4.90 Å². The van der Waals surface area contributed by atoms with Crippen LogP contribution in [0.1, 0.15) is 10.4 Å². The van der Waals surface area contributed by atoms with Crippen molar-refractivity contribution < 1.29 is 4.79 Å². The molecule has 0 bridgehead atoms. The molecule has 1 aromatic carbocycles. The van der Waals surface area contributed by atoms with E-state index in [1.807, 2.05) is 0 Å². The van der Waals surface area contributed by atoms with E-state index in [0.717, 1.165) is 0 Å². The molecule has 0 aliphatic carbocycles. The number of benzene rings is 1. The molecule has 0 atom stereocenters. The van der Waals surface area contributed by atoms with E-state index in [9.17, 15) is 4.79 Å². The molecule has 0 aliphatic rings. The van der Waals surface area contributed by atoms with Crippen LogP contribution in [0.15, 0.2) is 35.3 Å². The van der Waals surface area contributed by atoms with Crippen LogP contribution in [0.4, 0.5) is 0 Å². The van der Waals surface area contributed by atoms with E-state index in [2.05, 4.69) is 22.5 Å². The van der Waals surface area contributed by atoms with Crippen LogP contribution in [0.3, 0.4) is 0 Å². The van der Waals surface area contributed by atoms with Gasteiger partial charge in [0.05, 0.1) is 5.56 Å². The third kappa shape index (κ3) is 3.08. The van der Waals surface area contributed by atoms with Gasteiger partial charge in [0, 0.05) is 23.1 Å². The Morgan fingerprint density at radius 1 is 1.67 bits per heavy atom. The Morgan fingerprint density at radius 3 is 2.87 bits per heavy atom. The molecule has 0 spiro atoms. The fraction of sp³-hybridized carbons (Fsp3) is 0.182. The van der Waals surface area contributed by atoms with Crippen molar-refractivity contribution in [2.75, 3.05) is 13.6 Å². The normalized spacial score (nSPS) is 9.80. The van der Waals surface area contributed by atoms with Crippen LogP contribution in [0.5, 0.6) is 0 Å². The van der Waals surface area contributed by atoms with Crippen LogP contribution < -0.4 is 0 Å². The van der Waals surface area contributed by atoms with E-state index >= 15 is 0 Å².